The van der Waals surface area contributed by atoms with E-state index >= 15 is 0 Å². The fourth-order valence-corrected chi connectivity index (χ4v) is 3.78. The molecule has 2 aliphatic heterocycles. The minimum atomic E-state index is 0. The van der Waals surface area contributed by atoms with Crippen LogP contribution < -0.4 is 10.2 Å². The van der Waals surface area contributed by atoms with Gasteiger partial charge >= 0.3 is 0 Å². The molecule has 3 heterocycles. The van der Waals surface area contributed by atoms with Crippen LogP contribution in [0.3, 0.4) is 0 Å². The van der Waals surface area contributed by atoms with E-state index < -0.39 is 0 Å². The van der Waals surface area contributed by atoms with Gasteiger partial charge in [0.15, 0.2) is 5.13 Å². The number of halogens is 1. The average Bonchev–Trinajstić information content (AvgIpc) is 2.92. The van der Waals surface area contributed by atoms with Gasteiger partial charge in [0.05, 0.1) is 13.2 Å². The molecular weight excluding hydrogens is 308 g/mol. The Hall–Kier alpha value is -0.400. The smallest absolute Gasteiger partial charge is 0.185 e. The molecule has 2 unspecified atom stereocenters. The van der Waals surface area contributed by atoms with Crippen molar-refractivity contribution in [3.8, 4) is 0 Å². The lowest BCUT2D eigenvalue weighted by Gasteiger charge is -2.37. The maximum Gasteiger partial charge on any atom is 0.185 e. The molecule has 21 heavy (non-hydrogen) atoms. The van der Waals surface area contributed by atoms with Gasteiger partial charge in [0.2, 0.25) is 0 Å². The largest absolute Gasteiger partial charge is 0.378 e. The van der Waals surface area contributed by atoms with Gasteiger partial charge in [-0.05, 0) is 13.8 Å². The maximum atomic E-state index is 5.40. The highest BCUT2D eigenvalue weighted by atomic mass is 35.5. The molecule has 0 amide bonds. The molecular formula is C14H25ClN4OS. The molecule has 0 saturated carbocycles. The highest BCUT2D eigenvalue weighted by Crippen LogP contribution is 2.25. The third-order valence-electron chi connectivity index (χ3n) is 4.08. The number of thiazole rings is 1. The normalized spacial score (nSPS) is 27.4. The highest BCUT2D eigenvalue weighted by Gasteiger charge is 2.23. The first-order valence-electron chi connectivity index (χ1n) is 7.47. The zero-order valence-corrected chi connectivity index (χ0v) is 14.4. The Balaban J connectivity index is 0.00000161. The Labute approximate surface area is 137 Å². The van der Waals surface area contributed by atoms with E-state index in [-0.39, 0.29) is 12.4 Å². The molecule has 0 spiro atoms. The van der Waals surface area contributed by atoms with Gasteiger partial charge in [-0.2, -0.15) is 0 Å². The van der Waals surface area contributed by atoms with Crippen LogP contribution in [0.4, 0.5) is 5.13 Å². The van der Waals surface area contributed by atoms with Crippen LogP contribution in [0.15, 0.2) is 6.20 Å². The van der Waals surface area contributed by atoms with Crippen molar-refractivity contribution in [1.29, 1.82) is 0 Å². The Kier molecular flexibility index (Phi) is 6.25. The van der Waals surface area contributed by atoms with Crippen molar-refractivity contribution in [2.24, 2.45) is 0 Å². The summed E-state index contributed by atoms with van der Waals surface area (Å²) < 4.78 is 5.40. The summed E-state index contributed by atoms with van der Waals surface area (Å²) in [6.07, 6.45) is 2.05. The van der Waals surface area contributed by atoms with E-state index in [1.165, 1.54) is 4.88 Å². The Bertz CT molecular complexity index is 438. The maximum absolute atomic E-state index is 5.40. The first kappa shape index (κ1) is 17.0. The second-order valence-electron chi connectivity index (χ2n) is 5.80. The third kappa shape index (κ3) is 4.29. The first-order chi connectivity index (χ1) is 9.72. The number of anilines is 1. The summed E-state index contributed by atoms with van der Waals surface area (Å²) in [6, 6.07) is 1.18. The molecule has 0 radical (unpaired) electrons. The van der Waals surface area contributed by atoms with E-state index in [0.717, 1.165) is 51.1 Å². The number of nitrogens with one attached hydrogen (secondary N) is 1. The lowest BCUT2D eigenvalue weighted by atomic mass is 10.1. The van der Waals surface area contributed by atoms with Crippen molar-refractivity contribution < 1.29 is 4.74 Å². The molecule has 5 nitrogen and oxygen atoms in total. The number of hydrogen-bond acceptors (Lipinski definition) is 6. The predicted molar refractivity (Wildman–Crippen MR) is 89.7 cm³/mol. The van der Waals surface area contributed by atoms with Crippen molar-refractivity contribution in [2.45, 2.75) is 32.5 Å². The second-order valence-corrected chi connectivity index (χ2v) is 6.89. The Morgan fingerprint density at radius 1 is 1.38 bits per heavy atom. The minimum Gasteiger partial charge on any atom is -0.378 e. The molecule has 0 aliphatic carbocycles. The highest BCUT2D eigenvalue weighted by molar-refractivity contribution is 7.15. The van der Waals surface area contributed by atoms with Crippen molar-refractivity contribution in [3.63, 3.8) is 0 Å². The van der Waals surface area contributed by atoms with Gasteiger partial charge in [0, 0.05) is 55.9 Å². The molecule has 0 bridgehead atoms. The van der Waals surface area contributed by atoms with Crippen LogP contribution in [-0.2, 0) is 11.3 Å². The monoisotopic (exact) mass is 332 g/mol. The topological polar surface area (TPSA) is 40.6 Å². The van der Waals surface area contributed by atoms with Crippen molar-refractivity contribution >= 4 is 28.9 Å². The summed E-state index contributed by atoms with van der Waals surface area (Å²) in [5.74, 6) is 0. The van der Waals surface area contributed by atoms with Crippen LogP contribution in [0.2, 0.25) is 0 Å². The van der Waals surface area contributed by atoms with Gasteiger partial charge < -0.3 is 15.0 Å². The van der Waals surface area contributed by atoms with Crippen LogP contribution in [0, 0.1) is 0 Å². The number of piperazine rings is 1. The predicted octanol–water partition coefficient (Wildman–Crippen LogP) is 1.58. The molecule has 2 atom stereocenters. The average molecular weight is 333 g/mol. The molecule has 3 rings (SSSR count). The van der Waals surface area contributed by atoms with Gasteiger partial charge in [-0.3, -0.25) is 4.90 Å². The number of hydrogen-bond donors (Lipinski definition) is 1. The third-order valence-corrected chi connectivity index (χ3v) is 5.12. The summed E-state index contributed by atoms with van der Waals surface area (Å²) in [4.78, 5) is 10.9. The molecule has 1 aromatic rings. The molecule has 1 aromatic heterocycles. The Morgan fingerprint density at radius 3 is 2.90 bits per heavy atom. The van der Waals surface area contributed by atoms with Crippen molar-refractivity contribution in [1.82, 2.24) is 15.2 Å². The van der Waals surface area contributed by atoms with Crippen LogP contribution in [-0.4, -0.2) is 61.4 Å². The molecule has 7 heteroatoms. The lowest BCUT2D eigenvalue weighted by molar-refractivity contribution is 0.122. The summed E-state index contributed by atoms with van der Waals surface area (Å²) in [5.41, 5.74) is 0. The van der Waals surface area contributed by atoms with Gasteiger partial charge in [-0.1, -0.05) is 0 Å². The van der Waals surface area contributed by atoms with Crippen LogP contribution >= 0.6 is 23.7 Å². The van der Waals surface area contributed by atoms with Gasteiger partial charge in [0.25, 0.3) is 0 Å². The Morgan fingerprint density at radius 2 is 2.14 bits per heavy atom. The van der Waals surface area contributed by atoms with E-state index in [1.54, 1.807) is 0 Å². The number of nitrogens with zero attached hydrogens (tertiary/aromatic N) is 3. The summed E-state index contributed by atoms with van der Waals surface area (Å²) >= 11 is 1.83. The number of morpholine rings is 1. The summed E-state index contributed by atoms with van der Waals surface area (Å²) in [7, 11) is 0. The van der Waals surface area contributed by atoms with E-state index in [4.69, 9.17) is 4.74 Å². The standard InChI is InChI=1S/C14H24N4OS.ClH/c1-11-9-18(12(2)7-15-11)10-13-8-16-14(20-13)17-3-5-19-6-4-17;/h8,11-12,15H,3-7,9-10H2,1-2H3;1H. The van der Waals surface area contributed by atoms with Gasteiger partial charge in [-0.15, -0.1) is 23.7 Å². The number of ether oxygens (including phenoxy) is 1. The van der Waals surface area contributed by atoms with Crippen LogP contribution in [0.5, 0.6) is 0 Å². The van der Waals surface area contributed by atoms with Crippen molar-refractivity contribution in [2.75, 3.05) is 44.3 Å². The SMILES string of the molecule is CC1CN(Cc2cnc(N3CCOCC3)s2)C(C)CN1.Cl. The number of aromatic nitrogens is 1. The summed E-state index contributed by atoms with van der Waals surface area (Å²) in [5, 5.41) is 4.68. The van der Waals surface area contributed by atoms with Crippen molar-refractivity contribution in [3.05, 3.63) is 11.1 Å². The quantitative estimate of drug-likeness (QED) is 0.910. The zero-order chi connectivity index (χ0) is 13.9. The first-order valence-corrected chi connectivity index (χ1v) is 8.29. The summed E-state index contributed by atoms with van der Waals surface area (Å²) in [6.45, 7) is 11.3. The van der Waals surface area contributed by atoms with Gasteiger partial charge in [-0.25, -0.2) is 4.98 Å². The van der Waals surface area contributed by atoms with E-state index in [1.807, 2.05) is 11.3 Å². The molecule has 120 valence electrons. The molecule has 0 aromatic carbocycles. The van der Waals surface area contributed by atoms with E-state index in [0.29, 0.717) is 12.1 Å². The van der Waals surface area contributed by atoms with E-state index in [2.05, 4.69) is 40.1 Å². The second kappa shape index (κ2) is 7.74. The molecule has 2 fully saturated rings. The fourth-order valence-electron chi connectivity index (χ4n) is 2.79. The lowest BCUT2D eigenvalue weighted by Crippen LogP contribution is -2.53. The van der Waals surface area contributed by atoms with Crippen LogP contribution in [0.25, 0.3) is 0 Å². The van der Waals surface area contributed by atoms with E-state index in [9.17, 15) is 0 Å². The minimum absolute atomic E-state index is 0. The molecule has 2 aliphatic rings. The van der Waals surface area contributed by atoms with Gasteiger partial charge in [0.1, 0.15) is 0 Å². The number of rotatable bonds is 3. The molecule has 1 N–H and O–H groups in total. The molecule has 2 saturated heterocycles. The fraction of sp³-hybridized carbons (Fsp3) is 0.786. The van der Waals surface area contributed by atoms with Crippen LogP contribution in [0.1, 0.15) is 18.7 Å². The zero-order valence-electron chi connectivity index (χ0n) is 12.7.